The van der Waals surface area contributed by atoms with Crippen molar-refractivity contribution in [2.24, 2.45) is 11.3 Å². The van der Waals surface area contributed by atoms with Crippen LogP contribution in [0.5, 0.6) is 0 Å². The number of nitrogens with one attached hydrogen (secondary N) is 1. The summed E-state index contributed by atoms with van der Waals surface area (Å²) >= 11 is 5.43. The number of aromatic carboxylic acids is 1. The van der Waals surface area contributed by atoms with Gasteiger partial charge in [-0.3, -0.25) is 4.79 Å². The van der Waals surface area contributed by atoms with Crippen LogP contribution in [0.3, 0.4) is 0 Å². The molecule has 3 aliphatic rings. The van der Waals surface area contributed by atoms with E-state index in [0.717, 1.165) is 0 Å². The van der Waals surface area contributed by atoms with Crippen LogP contribution < -0.4 is 10.4 Å². The predicted molar refractivity (Wildman–Crippen MR) is 124 cm³/mol. The van der Waals surface area contributed by atoms with Crippen molar-refractivity contribution in [1.82, 2.24) is 0 Å². The summed E-state index contributed by atoms with van der Waals surface area (Å²) in [6.07, 6.45) is 8.70. The fourth-order valence-electron chi connectivity index (χ4n) is 3.82. The third-order valence-electron chi connectivity index (χ3n) is 5.47. The van der Waals surface area contributed by atoms with Crippen LogP contribution in [0, 0.1) is 11.3 Å². The first-order valence-electron chi connectivity index (χ1n) is 10.2. The van der Waals surface area contributed by atoms with Crippen molar-refractivity contribution in [1.29, 1.82) is 0 Å². The third kappa shape index (κ3) is 4.03. The molecule has 2 N–H and O–H groups in total. The van der Waals surface area contributed by atoms with E-state index in [4.69, 9.17) is 17.0 Å². The van der Waals surface area contributed by atoms with E-state index < -0.39 is 12.1 Å². The molecule has 0 saturated heterocycles. The number of aliphatic hydroxyl groups excluding tert-OH is 1. The minimum atomic E-state index is -1.33. The maximum Gasteiger partial charge on any atom is 0.182 e. The summed E-state index contributed by atoms with van der Waals surface area (Å²) in [7, 11) is 0. The van der Waals surface area contributed by atoms with Gasteiger partial charge in [-0.1, -0.05) is 45.1 Å². The van der Waals surface area contributed by atoms with Gasteiger partial charge in [0.1, 0.15) is 17.6 Å². The highest BCUT2D eigenvalue weighted by atomic mass is 32.1. The fourth-order valence-corrected chi connectivity index (χ4v) is 3.94. The number of aliphatic hydroxyl groups is 1. The molecule has 1 heterocycles. The highest BCUT2D eigenvalue weighted by molar-refractivity contribution is 7.80. The van der Waals surface area contributed by atoms with Gasteiger partial charge in [-0.15, -0.1) is 0 Å². The molecular formula is C25H22NO5S-. The van der Waals surface area contributed by atoms with Crippen LogP contribution >= 0.6 is 12.2 Å². The van der Waals surface area contributed by atoms with Crippen molar-refractivity contribution in [2.75, 3.05) is 5.32 Å². The first kappa shape index (κ1) is 21.8. The summed E-state index contributed by atoms with van der Waals surface area (Å²) in [5.74, 6) is -1.53. The van der Waals surface area contributed by atoms with Crippen LogP contribution in [0.1, 0.15) is 36.7 Å². The van der Waals surface area contributed by atoms with E-state index >= 15 is 0 Å². The fraction of sp³-hybridized carbons (Fsp3) is 0.240. The second kappa shape index (κ2) is 7.91. The summed E-state index contributed by atoms with van der Waals surface area (Å²) in [5, 5.41) is 25.2. The van der Waals surface area contributed by atoms with Gasteiger partial charge in [-0.25, -0.2) is 0 Å². The molecule has 2 unspecified atom stereocenters. The number of allylic oxidation sites excluding steroid dienone is 4. The van der Waals surface area contributed by atoms with E-state index in [1.54, 1.807) is 36.4 Å². The normalized spacial score (nSPS) is 21.8. The highest BCUT2D eigenvalue weighted by Crippen LogP contribution is 2.45. The molecule has 0 aromatic heterocycles. The number of ether oxygens (including phenoxy) is 1. The molecule has 0 bridgehead atoms. The zero-order valence-corrected chi connectivity index (χ0v) is 18.7. The van der Waals surface area contributed by atoms with Crippen LogP contribution in [0.4, 0.5) is 5.69 Å². The monoisotopic (exact) mass is 448 g/mol. The van der Waals surface area contributed by atoms with Gasteiger partial charge in [0.15, 0.2) is 5.78 Å². The molecular weight excluding hydrogens is 426 g/mol. The lowest BCUT2D eigenvalue weighted by molar-refractivity contribution is -0.255. The van der Waals surface area contributed by atoms with Gasteiger partial charge in [-0.05, 0) is 47.6 Å². The van der Waals surface area contributed by atoms with Crippen molar-refractivity contribution in [3.8, 4) is 0 Å². The number of ketones is 1. The van der Waals surface area contributed by atoms with Gasteiger partial charge in [0.2, 0.25) is 0 Å². The highest BCUT2D eigenvalue weighted by Gasteiger charge is 2.37. The lowest BCUT2D eigenvalue weighted by atomic mass is 9.77. The summed E-state index contributed by atoms with van der Waals surface area (Å²) < 4.78 is 5.95. The van der Waals surface area contributed by atoms with Gasteiger partial charge < -0.3 is 25.1 Å². The van der Waals surface area contributed by atoms with E-state index in [0.29, 0.717) is 33.1 Å². The Labute approximate surface area is 191 Å². The molecule has 0 saturated carbocycles. The first-order chi connectivity index (χ1) is 15.0. The maximum atomic E-state index is 12.1. The van der Waals surface area contributed by atoms with E-state index in [2.05, 4.69) is 5.32 Å². The van der Waals surface area contributed by atoms with Gasteiger partial charge >= 0.3 is 0 Å². The van der Waals surface area contributed by atoms with Gasteiger partial charge in [0, 0.05) is 34.2 Å². The number of carboxylic acids is 1. The number of hydrogen-bond donors (Lipinski definition) is 2. The molecule has 1 aromatic rings. The number of anilines is 1. The second-order valence-corrected chi connectivity index (χ2v) is 9.29. The van der Waals surface area contributed by atoms with Crippen LogP contribution in [-0.4, -0.2) is 28.0 Å². The minimum absolute atomic E-state index is 0.00770. The Morgan fingerprint density at radius 3 is 2.66 bits per heavy atom. The van der Waals surface area contributed by atoms with Crippen molar-refractivity contribution >= 4 is 40.2 Å². The zero-order valence-electron chi connectivity index (χ0n) is 17.8. The molecule has 32 heavy (non-hydrogen) atoms. The van der Waals surface area contributed by atoms with E-state index in [9.17, 15) is 19.8 Å². The quantitative estimate of drug-likeness (QED) is 0.681. The third-order valence-corrected chi connectivity index (χ3v) is 6.19. The SMILES string of the molecule is CC(C)(C)C(=S)Nc1ccc(C2=C3C=CC(=O)C=C3OC3C=C(O)C=CC23)c(C(=O)[O-])c1. The predicted octanol–water partition coefficient (Wildman–Crippen LogP) is 3.64. The number of carboxylic acid groups (broad SMARTS) is 1. The average Bonchev–Trinajstić information content (AvgIpc) is 2.71. The van der Waals surface area contributed by atoms with Crippen LogP contribution in [-0.2, 0) is 9.53 Å². The Morgan fingerprint density at radius 1 is 1.22 bits per heavy atom. The molecule has 0 amide bonds. The minimum Gasteiger partial charge on any atom is -0.545 e. The number of carbonyl (C=O) groups excluding carboxylic acids is 2. The number of carbonyl (C=O) groups is 2. The summed E-state index contributed by atoms with van der Waals surface area (Å²) in [6.45, 7) is 5.90. The molecule has 7 heteroatoms. The average molecular weight is 449 g/mol. The van der Waals surface area contributed by atoms with Gasteiger partial charge in [0.05, 0.1) is 11.0 Å². The summed E-state index contributed by atoms with van der Waals surface area (Å²) in [5.41, 5.74) is 2.01. The maximum absolute atomic E-state index is 12.1. The molecule has 1 aromatic carbocycles. The topological polar surface area (TPSA) is 98.7 Å². The van der Waals surface area contributed by atoms with Crippen molar-refractivity contribution < 1.29 is 24.5 Å². The smallest absolute Gasteiger partial charge is 0.182 e. The molecule has 0 spiro atoms. The Kier molecular flexibility index (Phi) is 5.38. The Balaban J connectivity index is 1.86. The lowest BCUT2D eigenvalue weighted by Gasteiger charge is -2.37. The number of fused-ring (bicyclic) bond motifs is 2. The first-order valence-corrected chi connectivity index (χ1v) is 10.6. The summed E-state index contributed by atoms with van der Waals surface area (Å²) in [4.78, 5) is 24.6. The van der Waals surface area contributed by atoms with Crippen molar-refractivity contribution in [3.05, 3.63) is 82.9 Å². The Morgan fingerprint density at radius 2 is 1.97 bits per heavy atom. The molecule has 0 fully saturated rings. The van der Waals surface area contributed by atoms with Crippen molar-refractivity contribution in [3.63, 3.8) is 0 Å². The standard InChI is InChI=1S/C25H23NO5S/c1-25(2,3)24(32)26-13-4-7-16(19(10-13)23(29)30)22-17-8-5-14(27)11-20(17)31-21-12-15(28)6-9-18(21)22/h4-12,17,20,27H,1-3H3,(H,26,32)(H,29,30)/p-1. The number of thiocarbonyl (C=S) groups is 1. The van der Waals surface area contributed by atoms with Crippen LogP contribution in [0.15, 0.2) is 71.7 Å². The van der Waals surface area contributed by atoms with Crippen LogP contribution in [0.2, 0.25) is 0 Å². The second-order valence-electron chi connectivity index (χ2n) is 8.88. The van der Waals surface area contributed by atoms with E-state index in [1.165, 1.54) is 18.2 Å². The Bertz CT molecular complexity index is 1190. The molecule has 164 valence electrons. The molecule has 2 aliphatic carbocycles. The van der Waals surface area contributed by atoms with Gasteiger partial charge in [-0.2, -0.15) is 0 Å². The zero-order chi connectivity index (χ0) is 23.2. The number of rotatable bonds is 3. The van der Waals surface area contributed by atoms with Crippen molar-refractivity contribution in [2.45, 2.75) is 26.9 Å². The number of benzene rings is 1. The molecule has 4 rings (SSSR count). The van der Waals surface area contributed by atoms with Crippen LogP contribution in [0.25, 0.3) is 5.57 Å². The van der Waals surface area contributed by atoms with E-state index in [1.807, 2.05) is 20.8 Å². The molecule has 6 nitrogen and oxygen atoms in total. The largest absolute Gasteiger partial charge is 0.545 e. The molecule has 2 atom stereocenters. The summed E-state index contributed by atoms with van der Waals surface area (Å²) in [6, 6.07) is 4.97. The Hall–Kier alpha value is -3.45. The molecule has 1 aliphatic heterocycles. The van der Waals surface area contributed by atoms with Gasteiger partial charge in [0.25, 0.3) is 0 Å². The van der Waals surface area contributed by atoms with E-state index in [-0.39, 0.29) is 28.4 Å². The number of hydrogen-bond acceptors (Lipinski definition) is 6. The molecule has 0 radical (unpaired) electrons. The lowest BCUT2D eigenvalue weighted by Crippen LogP contribution is -2.32.